The molecule has 0 saturated carbocycles. The lowest BCUT2D eigenvalue weighted by Gasteiger charge is -2.28. The Morgan fingerprint density at radius 1 is 0.369 bits per heavy atom. The zero-order valence-electron chi connectivity index (χ0n) is 60.8. The van der Waals surface area contributed by atoms with Crippen LogP contribution in [0, 0.1) is 10.8 Å². The first-order chi connectivity index (χ1) is 53.1. The number of aromatic nitrogens is 1. The predicted molar refractivity (Wildman–Crippen MR) is 405 cm³/mol. The van der Waals surface area contributed by atoms with Crippen LogP contribution in [-0.4, -0.2) is 218 Å². The van der Waals surface area contributed by atoms with Crippen molar-refractivity contribution >= 4 is 87.8 Å². The molecule has 0 bridgehead atoms. The number of aromatic hydroxyl groups is 4. The highest BCUT2D eigenvalue weighted by atomic mass is 16.3. The summed E-state index contributed by atoms with van der Waals surface area (Å²) in [5, 5.41) is 118. The smallest absolute Gasteiger partial charge is 0.245 e. The second-order valence-corrected chi connectivity index (χ2v) is 26.2. The summed E-state index contributed by atoms with van der Waals surface area (Å²) in [6.45, 7) is -3.26. The summed E-state index contributed by atoms with van der Waals surface area (Å²) in [7, 11) is 0. The Balaban J connectivity index is 1.20. The number of phenols is 4. The van der Waals surface area contributed by atoms with Gasteiger partial charge in [0.15, 0.2) is 11.9 Å². The van der Waals surface area contributed by atoms with Gasteiger partial charge in [-0.2, -0.15) is 0 Å². The molecular weight excluding hydrogens is 1440 g/mol. The van der Waals surface area contributed by atoms with E-state index in [-0.39, 0.29) is 120 Å². The zero-order valence-corrected chi connectivity index (χ0v) is 60.8. The fourth-order valence-electron chi connectivity index (χ4n) is 11.6. The number of aliphatic hydroxyl groups is 3. The third-order valence-corrected chi connectivity index (χ3v) is 17.6. The summed E-state index contributed by atoms with van der Waals surface area (Å²) in [5.41, 5.74) is 25.8. The molecule has 0 spiro atoms. The summed E-state index contributed by atoms with van der Waals surface area (Å²) in [6, 6.07) is 13.8. The standard InChI is InChI=1S/C74H99N19O18/c75-30-4-3-9-52(85-64(103)53(10-5-31-81-73(77)78)87-70(109)59(38-94)91-66(105)54(11-6-32-82-74(79)80)86-67(106)56(34-43-16-25-48(99)26-17-43)84-62(101)29-20-41-12-21-46(97)22-13-41)65(104)89-57(35-44-18-27-49(100)28-19-44)68(107)92-61(40-96)72(111)93-60(39-95)71(110)90-58(36-45-37-83-51-8-2-1-7-50(45)51)69(108)88-55(63(76)102)33-42-14-23-47(98)24-15-42/h1-2,7-8,12-19,21-28,37,52-61,83,94-100H,3-6,9-11,20,29-36,38-40,75H2,(H2,76,102)(H,84,101)(H,85,103)(H,86,106)(H,87,109)(H,88,108)(H,89,104)(H,90,110)(H,91,105)(H,92,107)(H,93,111)(H4,77,78,81)(H4,79,80,82)/t52-,53-,54-,55-,56-,57-,58-,59-,60-,61-/m0/s1. The fourth-order valence-corrected chi connectivity index (χ4v) is 11.6. The second-order valence-electron chi connectivity index (χ2n) is 26.2. The van der Waals surface area contributed by atoms with Crippen molar-refractivity contribution in [1.29, 1.82) is 10.8 Å². The van der Waals surface area contributed by atoms with E-state index in [4.69, 9.17) is 33.8 Å². The molecule has 0 unspecified atom stereocenters. The number of carbonyl (C=O) groups is 11. The number of aromatic amines is 1. The monoisotopic (exact) mass is 1540 g/mol. The summed E-state index contributed by atoms with van der Waals surface area (Å²) in [4.78, 5) is 159. The van der Waals surface area contributed by atoms with E-state index < -0.39 is 157 Å². The SMILES string of the molecule is N=C(N)NCCC[C@H](NC(=O)[C@H](Cc1ccc(O)cc1)NC(=O)CCc1ccc(O)cc1)C(=O)N[C@@H](CO)C(=O)N[C@@H](CCCNC(=N)N)C(=O)N[C@@H](CCCCN)C(=O)N[C@@H](Cc1ccc(O)cc1)C(=O)N[C@@H](CO)C(=O)N[C@@H](CO)C(=O)N[C@@H](Cc1c[nH]c2ccccc12)C(=O)N[C@@H](Cc1ccc(O)cc1)C(N)=O. The molecule has 0 fully saturated rings. The van der Waals surface area contributed by atoms with E-state index in [2.05, 4.69) is 68.8 Å². The number of para-hydroxylation sites is 1. The van der Waals surface area contributed by atoms with Crippen LogP contribution in [0.4, 0.5) is 0 Å². The van der Waals surface area contributed by atoms with E-state index >= 15 is 0 Å². The van der Waals surface area contributed by atoms with Crippen LogP contribution in [0.25, 0.3) is 10.9 Å². The number of carbonyl (C=O) groups excluding carboxylic acids is 11. The molecule has 37 nitrogen and oxygen atoms in total. The molecule has 0 radical (unpaired) electrons. The summed E-state index contributed by atoms with van der Waals surface area (Å²) < 4.78 is 0. The van der Waals surface area contributed by atoms with Crippen LogP contribution in [0.1, 0.15) is 79.2 Å². The Hall–Kier alpha value is -12.6. The van der Waals surface area contributed by atoms with E-state index in [1.807, 2.05) is 0 Å². The quantitative estimate of drug-likeness (QED) is 0.00980. The first-order valence-corrected chi connectivity index (χ1v) is 35.7. The summed E-state index contributed by atoms with van der Waals surface area (Å²) >= 11 is 0. The van der Waals surface area contributed by atoms with Gasteiger partial charge in [0, 0.05) is 62.3 Å². The number of fused-ring (bicyclic) bond motifs is 1. The normalized spacial score (nSPS) is 13.7. The van der Waals surface area contributed by atoms with E-state index in [1.165, 1.54) is 84.9 Å². The average Bonchev–Trinajstić information content (AvgIpc) is 1.71. The Kier molecular flexibility index (Phi) is 35.1. The maximum absolute atomic E-state index is 14.7. The highest BCUT2D eigenvalue weighted by Crippen LogP contribution is 2.21. The van der Waals surface area contributed by atoms with Crippen molar-refractivity contribution in [3.63, 3.8) is 0 Å². The van der Waals surface area contributed by atoms with Gasteiger partial charge in [0.25, 0.3) is 0 Å². The molecule has 37 heteroatoms. The average molecular weight is 1540 g/mol. The maximum atomic E-state index is 14.7. The third-order valence-electron chi connectivity index (χ3n) is 17.6. The largest absolute Gasteiger partial charge is 0.508 e. The van der Waals surface area contributed by atoms with Gasteiger partial charge < -0.3 is 127 Å². The number of nitrogens with two attached hydrogens (primary N) is 4. The molecule has 1 aromatic heterocycles. The van der Waals surface area contributed by atoms with Crippen LogP contribution in [0.15, 0.2) is 128 Å². The topological polar surface area (TPSA) is 641 Å². The number of phenolic OH excluding ortho intramolecular Hbond substituents is 4. The number of hydrogen-bond donors (Lipinski definition) is 26. The minimum atomic E-state index is -1.93. The number of aryl methyl sites for hydroxylation is 1. The molecule has 6 rings (SSSR count). The number of H-pyrrole nitrogens is 1. The number of benzene rings is 5. The van der Waals surface area contributed by atoms with Gasteiger partial charge in [0.05, 0.1) is 19.8 Å². The van der Waals surface area contributed by atoms with Crippen LogP contribution in [0.5, 0.6) is 23.0 Å². The van der Waals surface area contributed by atoms with Gasteiger partial charge in [0.2, 0.25) is 65.0 Å². The number of amides is 11. The summed E-state index contributed by atoms with van der Waals surface area (Å²) in [5.74, 6) is -12.2. The van der Waals surface area contributed by atoms with Crippen LogP contribution in [0.2, 0.25) is 0 Å². The maximum Gasteiger partial charge on any atom is 0.245 e. The number of aliphatic hydroxyl groups excluding tert-OH is 3. The Bertz CT molecular complexity index is 4130. The zero-order chi connectivity index (χ0) is 81.1. The van der Waals surface area contributed by atoms with Gasteiger partial charge in [-0.3, -0.25) is 63.6 Å². The lowest BCUT2D eigenvalue weighted by molar-refractivity contribution is -0.137. The fraction of sp³-hybridized carbons (Fsp3) is 0.392. The molecule has 11 amide bonds. The molecular formula is C74H99N19O18. The van der Waals surface area contributed by atoms with Crippen molar-refractivity contribution in [2.24, 2.45) is 22.9 Å². The Morgan fingerprint density at radius 3 is 1.06 bits per heavy atom. The van der Waals surface area contributed by atoms with Gasteiger partial charge in [-0.25, -0.2) is 0 Å². The number of primary amides is 1. The number of nitrogens with one attached hydrogen (secondary N) is 15. The number of unbranched alkanes of at least 4 members (excludes halogenated alkanes) is 1. The van der Waals surface area contributed by atoms with E-state index in [0.29, 0.717) is 45.1 Å². The molecule has 6 aromatic rings. The molecule has 10 atom stereocenters. The lowest BCUT2D eigenvalue weighted by atomic mass is 10.0. The molecule has 1 heterocycles. The van der Waals surface area contributed by atoms with E-state index in [1.54, 1.807) is 42.6 Å². The van der Waals surface area contributed by atoms with Crippen molar-refractivity contribution in [2.75, 3.05) is 39.5 Å². The van der Waals surface area contributed by atoms with Crippen LogP contribution < -0.4 is 86.7 Å². The van der Waals surface area contributed by atoms with Crippen molar-refractivity contribution in [2.45, 2.75) is 144 Å². The Morgan fingerprint density at radius 2 is 0.685 bits per heavy atom. The Labute approximate surface area is 638 Å². The van der Waals surface area contributed by atoms with E-state index in [9.17, 15) is 88.5 Å². The molecule has 5 aromatic carbocycles. The van der Waals surface area contributed by atoms with Crippen LogP contribution in [0.3, 0.4) is 0 Å². The lowest BCUT2D eigenvalue weighted by Crippen LogP contribution is -2.62. The van der Waals surface area contributed by atoms with Crippen molar-refractivity contribution in [3.05, 3.63) is 155 Å². The molecule has 598 valence electrons. The van der Waals surface area contributed by atoms with Gasteiger partial charge in [0.1, 0.15) is 83.4 Å². The number of rotatable bonds is 46. The number of hydrogen-bond acceptors (Lipinski definition) is 21. The van der Waals surface area contributed by atoms with Crippen molar-refractivity contribution < 1.29 is 88.5 Å². The third kappa shape index (κ3) is 29.5. The van der Waals surface area contributed by atoms with Crippen molar-refractivity contribution in [3.8, 4) is 23.0 Å². The summed E-state index contributed by atoms with van der Waals surface area (Å²) in [6.07, 6.45) is 0.762. The molecule has 0 aliphatic rings. The highest BCUT2D eigenvalue weighted by molar-refractivity contribution is 5.99. The minimum absolute atomic E-state index is 0.00349. The van der Waals surface area contributed by atoms with Gasteiger partial charge >= 0.3 is 0 Å². The van der Waals surface area contributed by atoms with E-state index in [0.717, 1.165) is 0 Å². The highest BCUT2D eigenvalue weighted by Gasteiger charge is 2.37. The number of guanidine groups is 2. The first kappa shape index (κ1) is 87.3. The van der Waals surface area contributed by atoms with Gasteiger partial charge in [-0.1, -0.05) is 66.7 Å². The van der Waals surface area contributed by atoms with Crippen LogP contribution in [-0.2, 0) is 84.8 Å². The van der Waals surface area contributed by atoms with Gasteiger partial charge in [-0.05, 0) is 140 Å². The second kappa shape index (κ2) is 44.6. The first-order valence-electron chi connectivity index (χ1n) is 35.7. The van der Waals surface area contributed by atoms with Crippen LogP contribution >= 0.6 is 0 Å². The van der Waals surface area contributed by atoms with Crippen molar-refractivity contribution in [1.82, 2.24) is 68.8 Å². The molecule has 111 heavy (non-hydrogen) atoms. The molecule has 0 saturated heterocycles. The molecule has 30 N–H and O–H groups in total. The van der Waals surface area contributed by atoms with Gasteiger partial charge in [-0.15, -0.1) is 0 Å². The minimum Gasteiger partial charge on any atom is -0.508 e. The molecule has 0 aliphatic carbocycles. The molecule has 0 aliphatic heterocycles. The predicted octanol–water partition coefficient (Wildman–Crippen LogP) is -4.14.